The third-order valence-electron chi connectivity index (χ3n) is 6.13. The molecule has 0 radical (unpaired) electrons. The highest BCUT2D eigenvalue weighted by Gasteiger charge is 2.41. The SMILES string of the molecule is C[C@@H](SC1COC(/C=C/C(=O)c2ccc(F)cc2)OC1)[C@](O)(Cn1cncn1)c1ccc(F)cc1F.O=C(O)/C=C\C(=O)O. The third kappa shape index (κ3) is 10.2. The van der Waals surface area contributed by atoms with Gasteiger partial charge in [0.25, 0.3) is 0 Å². The van der Waals surface area contributed by atoms with Gasteiger partial charge in [-0.05, 0) is 42.5 Å². The number of carbonyl (C=O) groups excluding carboxylic acids is 1. The van der Waals surface area contributed by atoms with Gasteiger partial charge in [-0.15, -0.1) is 11.8 Å². The number of aliphatic hydroxyl groups is 1. The van der Waals surface area contributed by atoms with Crippen molar-refractivity contribution >= 4 is 29.5 Å². The van der Waals surface area contributed by atoms with E-state index in [0.29, 0.717) is 17.7 Å². The number of aliphatic carboxylic acids is 2. The second kappa shape index (κ2) is 16.0. The average molecular weight is 636 g/mol. The molecule has 0 spiro atoms. The van der Waals surface area contributed by atoms with Gasteiger partial charge in [0.2, 0.25) is 0 Å². The van der Waals surface area contributed by atoms with E-state index in [9.17, 15) is 32.7 Å². The largest absolute Gasteiger partial charge is 0.478 e. The van der Waals surface area contributed by atoms with E-state index in [-0.39, 0.29) is 36.4 Å². The van der Waals surface area contributed by atoms with Crippen LogP contribution in [0.3, 0.4) is 0 Å². The number of hydrogen-bond donors (Lipinski definition) is 3. The van der Waals surface area contributed by atoms with Crippen LogP contribution in [0.15, 0.2) is 79.4 Å². The molecule has 3 aromatic rings. The number of ketones is 1. The van der Waals surface area contributed by atoms with Crippen LogP contribution in [0.25, 0.3) is 0 Å². The molecule has 1 aliphatic heterocycles. The number of rotatable bonds is 11. The van der Waals surface area contributed by atoms with Gasteiger partial charge in [-0.1, -0.05) is 13.0 Å². The van der Waals surface area contributed by atoms with E-state index in [2.05, 4.69) is 10.1 Å². The summed E-state index contributed by atoms with van der Waals surface area (Å²) in [6.07, 6.45) is 5.86. The Labute approximate surface area is 253 Å². The third-order valence-corrected chi connectivity index (χ3v) is 7.59. The first-order valence-corrected chi connectivity index (χ1v) is 13.8. The Balaban J connectivity index is 0.000000583. The number of nitrogens with zero attached hydrogens (tertiary/aromatic N) is 3. The lowest BCUT2D eigenvalue weighted by Gasteiger charge is -2.37. The number of carboxylic acid groups (broad SMARTS) is 2. The van der Waals surface area contributed by atoms with Gasteiger partial charge in [0.05, 0.1) is 25.0 Å². The second-order valence-electron chi connectivity index (χ2n) is 9.32. The summed E-state index contributed by atoms with van der Waals surface area (Å²) in [4.78, 5) is 35.2. The maximum atomic E-state index is 14.7. The van der Waals surface area contributed by atoms with E-state index in [1.54, 1.807) is 6.92 Å². The van der Waals surface area contributed by atoms with Crippen molar-refractivity contribution in [2.45, 2.75) is 35.9 Å². The van der Waals surface area contributed by atoms with E-state index in [1.165, 1.54) is 71.6 Å². The Bertz CT molecular complexity index is 1460. The Morgan fingerprint density at radius 1 is 1.02 bits per heavy atom. The number of hydrogen-bond acceptors (Lipinski definition) is 9. The highest BCUT2D eigenvalue weighted by atomic mass is 32.2. The summed E-state index contributed by atoms with van der Waals surface area (Å²) in [5.41, 5.74) is -1.46. The van der Waals surface area contributed by atoms with Crippen LogP contribution < -0.4 is 0 Å². The van der Waals surface area contributed by atoms with Crippen LogP contribution in [0, 0.1) is 17.5 Å². The molecule has 1 aliphatic rings. The summed E-state index contributed by atoms with van der Waals surface area (Å²) in [6.45, 7) is 2.13. The molecular formula is C29H28F3N3O8S. The Morgan fingerprint density at radius 2 is 1.64 bits per heavy atom. The zero-order valence-electron chi connectivity index (χ0n) is 23.1. The monoisotopic (exact) mass is 635 g/mol. The fourth-order valence-electron chi connectivity index (χ4n) is 3.95. The number of benzene rings is 2. The lowest BCUT2D eigenvalue weighted by atomic mass is 9.90. The molecule has 1 saturated heterocycles. The van der Waals surface area contributed by atoms with Gasteiger partial charge in [-0.25, -0.2) is 32.4 Å². The van der Waals surface area contributed by atoms with Crippen molar-refractivity contribution in [3.8, 4) is 0 Å². The molecule has 0 unspecified atom stereocenters. The van der Waals surface area contributed by atoms with Gasteiger partial charge in [-0.3, -0.25) is 4.79 Å². The zero-order chi connectivity index (χ0) is 32.3. The van der Waals surface area contributed by atoms with Crippen molar-refractivity contribution in [1.82, 2.24) is 14.8 Å². The van der Waals surface area contributed by atoms with E-state index in [1.807, 2.05) is 0 Å². The van der Waals surface area contributed by atoms with Crippen LogP contribution in [0.5, 0.6) is 0 Å². The molecule has 234 valence electrons. The van der Waals surface area contributed by atoms with Crippen molar-refractivity contribution in [2.75, 3.05) is 13.2 Å². The molecule has 4 rings (SSSR count). The summed E-state index contributed by atoms with van der Waals surface area (Å²) in [6, 6.07) is 8.26. The lowest BCUT2D eigenvalue weighted by Crippen LogP contribution is -2.43. The number of ether oxygens (including phenoxy) is 2. The summed E-state index contributed by atoms with van der Waals surface area (Å²) >= 11 is 1.33. The van der Waals surface area contributed by atoms with Gasteiger partial charge in [0, 0.05) is 34.6 Å². The van der Waals surface area contributed by atoms with Crippen LogP contribution in [0.4, 0.5) is 13.2 Å². The molecule has 2 atom stereocenters. The van der Waals surface area contributed by atoms with Crippen molar-refractivity contribution in [3.05, 3.63) is 108 Å². The normalized spacial score (nSPS) is 18.8. The molecular weight excluding hydrogens is 607 g/mol. The fraction of sp³-hybridized carbons (Fsp3) is 0.276. The number of carbonyl (C=O) groups is 3. The molecule has 2 heterocycles. The van der Waals surface area contributed by atoms with Gasteiger partial charge in [0.1, 0.15) is 35.7 Å². The summed E-state index contributed by atoms with van der Waals surface area (Å²) < 4.78 is 54.0. The molecule has 11 nitrogen and oxygen atoms in total. The number of carboxylic acids is 2. The van der Waals surface area contributed by atoms with Crippen LogP contribution >= 0.6 is 11.8 Å². The number of thioether (sulfide) groups is 1. The minimum atomic E-state index is -1.74. The topological polar surface area (TPSA) is 161 Å². The van der Waals surface area contributed by atoms with Crippen LogP contribution in [0.1, 0.15) is 22.8 Å². The van der Waals surface area contributed by atoms with Crippen molar-refractivity contribution in [2.24, 2.45) is 0 Å². The predicted octanol–water partition coefficient (Wildman–Crippen LogP) is 3.60. The van der Waals surface area contributed by atoms with Gasteiger partial charge in [0.15, 0.2) is 12.1 Å². The predicted molar refractivity (Wildman–Crippen MR) is 151 cm³/mol. The minimum Gasteiger partial charge on any atom is -0.478 e. The molecule has 0 saturated carbocycles. The molecule has 0 aliphatic carbocycles. The number of allylic oxidation sites excluding steroid dienone is 1. The highest BCUT2D eigenvalue weighted by molar-refractivity contribution is 8.00. The summed E-state index contributed by atoms with van der Waals surface area (Å²) in [5, 5.41) is 30.5. The van der Waals surface area contributed by atoms with Crippen molar-refractivity contribution < 1.29 is 52.3 Å². The fourth-order valence-corrected chi connectivity index (χ4v) is 5.26. The maximum absolute atomic E-state index is 14.7. The van der Waals surface area contributed by atoms with E-state index < -0.39 is 46.5 Å². The Morgan fingerprint density at radius 3 is 2.18 bits per heavy atom. The summed E-state index contributed by atoms with van der Waals surface area (Å²) in [7, 11) is 0. The number of aromatic nitrogens is 3. The van der Waals surface area contributed by atoms with Crippen LogP contribution in [-0.2, 0) is 31.2 Å². The van der Waals surface area contributed by atoms with Gasteiger partial charge in [-0.2, -0.15) is 5.10 Å². The van der Waals surface area contributed by atoms with Crippen LogP contribution in [0.2, 0.25) is 0 Å². The average Bonchev–Trinajstić information content (AvgIpc) is 3.49. The quantitative estimate of drug-likeness (QED) is 0.209. The molecule has 1 fully saturated rings. The Kier molecular flexibility index (Phi) is 12.4. The lowest BCUT2D eigenvalue weighted by molar-refractivity contribution is -0.146. The molecule has 0 amide bonds. The zero-order valence-corrected chi connectivity index (χ0v) is 23.9. The maximum Gasteiger partial charge on any atom is 0.328 e. The highest BCUT2D eigenvalue weighted by Crippen LogP contribution is 2.38. The number of halogens is 3. The Hall–Kier alpha value is -4.31. The van der Waals surface area contributed by atoms with Crippen molar-refractivity contribution in [3.63, 3.8) is 0 Å². The van der Waals surface area contributed by atoms with E-state index in [4.69, 9.17) is 19.7 Å². The molecule has 15 heteroatoms. The van der Waals surface area contributed by atoms with Gasteiger partial charge < -0.3 is 24.8 Å². The first-order valence-electron chi connectivity index (χ1n) is 12.9. The van der Waals surface area contributed by atoms with Crippen LogP contribution in [-0.4, -0.2) is 77.8 Å². The molecule has 0 bridgehead atoms. The standard InChI is InChI=1S/C25H24F3N3O4S.C4H4O4/c1-16(25(33,13-31-15-29-14-30-31)21-7-6-19(27)10-22(21)28)36-20-11-34-24(35-12-20)9-8-23(32)17-2-4-18(26)5-3-17;5-3(6)1-2-4(7)8/h2-10,14-16,20,24,33H,11-13H2,1H3;1-2H,(H,5,6)(H,7,8)/b9-8+;2-1-/t16-,20?,24?,25-;/m1./s1. The molecule has 44 heavy (non-hydrogen) atoms. The van der Waals surface area contributed by atoms with Gasteiger partial charge >= 0.3 is 11.9 Å². The van der Waals surface area contributed by atoms with E-state index in [0.717, 1.165) is 12.1 Å². The second-order valence-corrected chi connectivity index (χ2v) is 11.0. The molecule has 1 aromatic heterocycles. The minimum absolute atomic E-state index is 0.0582. The molecule has 2 aromatic carbocycles. The summed E-state index contributed by atoms with van der Waals surface area (Å²) in [5.74, 6) is -4.86. The first-order chi connectivity index (χ1) is 20.9. The molecule has 3 N–H and O–H groups in total. The smallest absolute Gasteiger partial charge is 0.328 e. The van der Waals surface area contributed by atoms with Crippen molar-refractivity contribution in [1.29, 1.82) is 0 Å². The van der Waals surface area contributed by atoms with E-state index >= 15 is 0 Å². The first kappa shape index (κ1) is 34.2.